The number of hydrogen-bond donors (Lipinski definition) is 2. The van der Waals surface area contributed by atoms with E-state index in [0.29, 0.717) is 23.9 Å². The fourth-order valence-corrected chi connectivity index (χ4v) is 3.99. The topological polar surface area (TPSA) is 106 Å². The fourth-order valence-electron chi connectivity index (χ4n) is 3.99. The summed E-state index contributed by atoms with van der Waals surface area (Å²) in [5.41, 5.74) is 6.50. The van der Waals surface area contributed by atoms with E-state index in [2.05, 4.69) is 20.6 Å². The number of carbonyl (C=O) groups excluding carboxylic acids is 2. The average molecular weight is 487 g/mol. The largest absolute Gasteiger partial charge is 0.466 e. The number of oxazole rings is 1. The van der Waals surface area contributed by atoms with Crippen LogP contribution in [0.15, 0.2) is 59.1 Å². The van der Waals surface area contributed by atoms with Crippen LogP contribution in [0.25, 0.3) is 11.1 Å². The highest BCUT2D eigenvalue weighted by Crippen LogP contribution is 2.27. The number of fused-ring (bicyclic) bond motifs is 1. The van der Waals surface area contributed by atoms with E-state index in [1.54, 1.807) is 19.2 Å². The molecule has 8 nitrogen and oxygen atoms in total. The van der Waals surface area contributed by atoms with Crippen LogP contribution in [0.2, 0.25) is 0 Å². The van der Waals surface area contributed by atoms with Gasteiger partial charge in [-0.05, 0) is 61.7 Å². The minimum absolute atomic E-state index is 0.0735. The minimum atomic E-state index is -0.249. The molecule has 0 radical (unpaired) electrons. The first-order valence-corrected chi connectivity index (χ1v) is 12.0. The van der Waals surface area contributed by atoms with E-state index in [1.165, 1.54) is 0 Å². The van der Waals surface area contributed by atoms with Gasteiger partial charge in [-0.3, -0.25) is 14.6 Å². The summed E-state index contributed by atoms with van der Waals surface area (Å²) in [7, 11) is 0. The van der Waals surface area contributed by atoms with Gasteiger partial charge in [0.05, 0.1) is 31.3 Å². The van der Waals surface area contributed by atoms with Crippen molar-refractivity contribution in [2.75, 3.05) is 17.2 Å². The summed E-state index contributed by atoms with van der Waals surface area (Å²) in [4.78, 5) is 33.4. The molecule has 1 unspecified atom stereocenters. The molecule has 2 heterocycles. The second-order valence-electron chi connectivity index (χ2n) is 8.83. The Labute approximate surface area is 210 Å². The molecular formula is C28H30N4O4. The molecule has 0 saturated carbocycles. The first kappa shape index (κ1) is 24.9. The quantitative estimate of drug-likeness (QED) is 0.287. The smallest absolute Gasteiger partial charge is 0.306 e. The van der Waals surface area contributed by atoms with E-state index in [9.17, 15) is 9.59 Å². The first-order valence-electron chi connectivity index (χ1n) is 12.0. The second-order valence-corrected chi connectivity index (χ2v) is 8.83. The zero-order chi connectivity index (χ0) is 25.7. The molecule has 0 aliphatic carbocycles. The molecule has 36 heavy (non-hydrogen) atoms. The van der Waals surface area contributed by atoms with Crippen LogP contribution in [-0.2, 0) is 20.7 Å². The standard InChI is InChI=1S/C28H30N4O4/c1-5-35-26(34)13-18(3)22-11-10-21(16-29-22)30-25(33)15-20-12-19(4)27-24(14-20)36-28(32-27)31-23-9-7-6-8-17(23)2/h6-12,14,16,18H,5,13,15H2,1-4H3,(H,30,33)(H,31,32). The Hall–Kier alpha value is -4.20. The Morgan fingerprint density at radius 2 is 1.89 bits per heavy atom. The monoisotopic (exact) mass is 486 g/mol. The van der Waals surface area contributed by atoms with Crippen molar-refractivity contribution in [3.05, 3.63) is 77.1 Å². The number of ether oxygens (including phenoxy) is 1. The van der Waals surface area contributed by atoms with Crippen LogP contribution in [0.1, 0.15) is 48.6 Å². The lowest BCUT2D eigenvalue weighted by atomic mass is 10.0. The van der Waals surface area contributed by atoms with Crippen molar-refractivity contribution in [1.29, 1.82) is 0 Å². The number of hydrogen-bond acceptors (Lipinski definition) is 7. The van der Waals surface area contributed by atoms with Gasteiger partial charge >= 0.3 is 5.97 Å². The third-order valence-corrected chi connectivity index (χ3v) is 5.85. The van der Waals surface area contributed by atoms with Crippen LogP contribution >= 0.6 is 0 Å². The van der Waals surface area contributed by atoms with Crippen LogP contribution < -0.4 is 10.6 Å². The maximum absolute atomic E-state index is 12.7. The van der Waals surface area contributed by atoms with Crippen LogP contribution in [0.4, 0.5) is 17.4 Å². The third kappa shape index (κ3) is 6.07. The van der Waals surface area contributed by atoms with E-state index in [0.717, 1.165) is 33.6 Å². The number of nitrogens with one attached hydrogen (secondary N) is 2. The summed E-state index contributed by atoms with van der Waals surface area (Å²) in [6.45, 7) is 8.02. The molecule has 4 rings (SSSR count). The highest BCUT2D eigenvalue weighted by molar-refractivity contribution is 5.93. The number of pyridine rings is 1. The number of rotatable bonds is 9. The van der Waals surface area contributed by atoms with E-state index in [1.807, 2.05) is 63.2 Å². The molecule has 8 heteroatoms. The second kappa shape index (κ2) is 11.0. The van der Waals surface area contributed by atoms with Gasteiger partial charge in [0.15, 0.2) is 5.58 Å². The summed E-state index contributed by atoms with van der Waals surface area (Å²) in [5.74, 6) is -0.488. The Balaban J connectivity index is 1.40. The van der Waals surface area contributed by atoms with Crippen LogP contribution in [0, 0.1) is 13.8 Å². The lowest BCUT2D eigenvalue weighted by molar-refractivity contribution is -0.143. The van der Waals surface area contributed by atoms with Crippen molar-refractivity contribution in [2.24, 2.45) is 0 Å². The Kier molecular flexibility index (Phi) is 7.63. The summed E-state index contributed by atoms with van der Waals surface area (Å²) in [5, 5.41) is 6.10. The van der Waals surface area contributed by atoms with E-state index in [-0.39, 0.29) is 30.6 Å². The van der Waals surface area contributed by atoms with Gasteiger partial charge in [0.25, 0.3) is 6.01 Å². The molecule has 2 aromatic carbocycles. The molecule has 0 aliphatic rings. The molecule has 0 aliphatic heterocycles. The van der Waals surface area contributed by atoms with Crippen molar-refractivity contribution >= 4 is 40.4 Å². The SMILES string of the molecule is CCOC(=O)CC(C)c1ccc(NC(=O)Cc2cc(C)c3nc(Nc4ccccc4C)oc3c2)cn1. The molecule has 1 atom stereocenters. The molecule has 0 saturated heterocycles. The predicted octanol–water partition coefficient (Wildman–Crippen LogP) is 5.82. The van der Waals surface area contributed by atoms with Crippen LogP contribution in [0.3, 0.4) is 0 Å². The number of nitrogens with zero attached hydrogens (tertiary/aromatic N) is 2. The van der Waals surface area contributed by atoms with Gasteiger partial charge in [-0.15, -0.1) is 0 Å². The number of amides is 1. The lowest BCUT2D eigenvalue weighted by Gasteiger charge is -2.11. The maximum Gasteiger partial charge on any atom is 0.306 e. The van der Waals surface area contributed by atoms with Gasteiger partial charge in [-0.1, -0.05) is 31.2 Å². The predicted molar refractivity (Wildman–Crippen MR) is 139 cm³/mol. The molecular weight excluding hydrogens is 456 g/mol. The molecule has 2 N–H and O–H groups in total. The van der Waals surface area contributed by atoms with Gasteiger partial charge in [-0.25, -0.2) is 0 Å². The molecule has 0 spiro atoms. The number of anilines is 3. The summed E-state index contributed by atoms with van der Waals surface area (Å²) >= 11 is 0. The maximum atomic E-state index is 12.7. The van der Waals surface area contributed by atoms with Crippen molar-refractivity contribution in [2.45, 2.75) is 46.5 Å². The van der Waals surface area contributed by atoms with E-state index in [4.69, 9.17) is 9.15 Å². The van der Waals surface area contributed by atoms with Crippen LogP contribution in [0.5, 0.6) is 0 Å². The summed E-state index contributed by atoms with van der Waals surface area (Å²) in [6, 6.07) is 15.7. The third-order valence-electron chi connectivity index (χ3n) is 5.85. The fraction of sp³-hybridized carbons (Fsp3) is 0.286. The molecule has 1 amide bonds. The molecule has 0 fully saturated rings. The molecule has 186 valence electrons. The van der Waals surface area contributed by atoms with Crippen molar-refractivity contribution in [3.63, 3.8) is 0 Å². The number of esters is 1. The number of aromatic nitrogens is 2. The molecule has 4 aromatic rings. The molecule has 2 aromatic heterocycles. The highest BCUT2D eigenvalue weighted by Gasteiger charge is 2.15. The van der Waals surface area contributed by atoms with Gasteiger partial charge in [0.1, 0.15) is 5.52 Å². The number of benzene rings is 2. The van der Waals surface area contributed by atoms with Crippen LogP contribution in [-0.4, -0.2) is 28.5 Å². The zero-order valence-electron chi connectivity index (χ0n) is 20.9. The molecule has 0 bridgehead atoms. The summed E-state index contributed by atoms with van der Waals surface area (Å²) < 4.78 is 10.9. The highest BCUT2D eigenvalue weighted by atomic mass is 16.5. The van der Waals surface area contributed by atoms with Gasteiger partial charge in [0, 0.05) is 17.3 Å². The number of carbonyl (C=O) groups is 2. The zero-order valence-corrected chi connectivity index (χ0v) is 20.9. The van der Waals surface area contributed by atoms with Gasteiger partial charge in [-0.2, -0.15) is 4.98 Å². The van der Waals surface area contributed by atoms with E-state index < -0.39 is 0 Å². The Morgan fingerprint density at radius 3 is 2.61 bits per heavy atom. The number of para-hydroxylation sites is 1. The normalized spacial score (nSPS) is 11.8. The first-order chi connectivity index (χ1) is 17.3. The lowest BCUT2D eigenvalue weighted by Crippen LogP contribution is -2.15. The minimum Gasteiger partial charge on any atom is -0.466 e. The summed E-state index contributed by atoms with van der Waals surface area (Å²) in [6.07, 6.45) is 2.04. The Morgan fingerprint density at radius 1 is 1.08 bits per heavy atom. The van der Waals surface area contributed by atoms with Crippen molar-refractivity contribution in [3.8, 4) is 0 Å². The van der Waals surface area contributed by atoms with Crippen molar-refractivity contribution in [1.82, 2.24) is 9.97 Å². The van der Waals surface area contributed by atoms with Gasteiger partial charge in [0.2, 0.25) is 5.91 Å². The number of aryl methyl sites for hydroxylation is 2. The van der Waals surface area contributed by atoms with Gasteiger partial charge < -0.3 is 19.8 Å². The van der Waals surface area contributed by atoms with E-state index >= 15 is 0 Å². The Bertz CT molecular complexity index is 1380. The van der Waals surface area contributed by atoms with Crippen molar-refractivity contribution < 1.29 is 18.7 Å². The average Bonchev–Trinajstić information content (AvgIpc) is 3.24.